The summed E-state index contributed by atoms with van der Waals surface area (Å²) >= 11 is 1.29. The molecular weight excluding hydrogens is 382 g/mol. The highest BCUT2D eigenvalue weighted by Crippen LogP contribution is 2.29. The molecule has 8 nitrogen and oxygen atoms in total. The van der Waals surface area contributed by atoms with Gasteiger partial charge in [-0.2, -0.15) is 0 Å². The third-order valence-corrected chi connectivity index (χ3v) is 4.61. The molecule has 28 heavy (non-hydrogen) atoms. The minimum atomic E-state index is -0.367. The van der Waals surface area contributed by atoms with Crippen LogP contribution in [0.1, 0.15) is 22.7 Å². The lowest BCUT2D eigenvalue weighted by Crippen LogP contribution is -2.13. The van der Waals surface area contributed by atoms with E-state index in [2.05, 4.69) is 15.6 Å². The van der Waals surface area contributed by atoms with E-state index in [0.717, 1.165) is 0 Å². The molecule has 1 aromatic carbocycles. The number of anilines is 2. The predicted octanol–water partition coefficient (Wildman–Crippen LogP) is 3.58. The van der Waals surface area contributed by atoms with E-state index in [0.29, 0.717) is 34.4 Å². The summed E-state index contributed by atoms with van der Waals surface area (Å²) in [5, 5.41) is 7.73. The number of carbonyl (C=O) groups excluding carboxylic acids is 2. The Morgan fingerprint density at radius 2 is 2.04 bits per heavy atom. The fourth-order valence-corrected chi connectivity index (χ4v) is 3.15. The minimum absolute atomic E-state index is 0.180. The number of amides is 2. The van der Waals surface area contributed by atoms with Crippen LogP contribution in [-0.2, 0) is 11.2 Å². The van der Waals surface area contributed by atoms with Crippen molar-refractivity contribution in [3.8, 4) is 11.5 Å². The maximum atomic E-state index is 12.3. The van der Waals surface area contributed by atoms with E-state index in [1.807, 2.05) is 0 Å². The van der Waals surface area contributed by atoms with Crippen LogP contribution in [0.4, 0.5) is 10.8 Å². The van der Waals surface area contributed by atoms with Gasteiger partial charge in [0.2, 0.25) is 5.91 Å². The van der Waals surface area contributed by atoms with E-state index in [1.54, 1.807) is 42.8 Å². The second-order valence-corrected chi connectivity index (χ2v) is 6.55. The second-order valence-electron chi connectivity index (χ2n) is 5.69. The van der Waals surface area contributed by atoms with Crippen LogP contribution < -0.4 is 20.1 Å². The van der Waals surface area contributed by atoms with Gasteiger partial charge in [0.1, 0.15) is 11.5 Å². The highest BCUT2D eigenvalue weighted by atomic mass is 32.1. The highest BCUT2D eigenvalue weighted by molar-refractivity contribution is 7.13. The first-order chi connectivity index (χ1) is 13.6. The number of rotatable bonds is 8. The quantitative estimate of drug-likeness (QED) is 0.598. The zero-order chi connectivity index (χ0) is 19.9. The molecule has 0 saturated heterocycles. The molecule has 0 unspecified atom stereocenters. The maximum Gasteiger partial charge on any atom is 0.293 e. The van der Waals surface area contributed by atoms with E-state index >= 15 is 0 Å². The van der Waals surface area contributed by atoms with Crippen molar-refractivity contribution in [1.29, 1.82) is 0 Å². The van der Waals surface area contributed by atoms with Crippen LogP contribution in [0.3, 0.4) is 0 Å². The molecule has 0 aliphatic heterocycles. The predicted molar refractivity (Wildman–Crippen MR) is 105 cm³/mol. The number of methoxy groups -OCH3 is 2. The first-order valence-corrected chi connectivity index (χ1v) is 9.28. The summed E-state index contributed by atoms with van der Waals surface area (Å²) < 4.78 is 15.5. The summed E-state index contributed by atoms with van der Waals surface area (Å²) in [5.41, 5.74) is 1.25. The summed E-state index contributed by atoms with van der Waals surface area (Å²) in [6, 6.07) is 8.38. The van der Waals surface area contributed by atoms with Crippen molar-refractivity contribution < 1.29 is 23.5 Å². The number of thiazole rings is 1. The Labute approximate surface area is 165 Å². The Hall–Kier alpha value is -3.33. The second kappa shape index (κ2) is 9.05. The van der Waals surface area contributed by atoms with Crippen LogP contribution in [-0.4, -0.2) is 31.0 Å². The standard InChI is InChI=1S/C19H19N3O5S/c1-25-13-6-7-15(26-2)14(10-13)21-17(23)8-5-12-11-28-19(20-12)22-18(24)16-4-3-9-27-16/h3-4,6-7,9-11H,5,8H2,1-2H3,(H,21,23)(H,20,22,24). The van der Waals surface area contributed by atoms with Crippen molar-refractivity contribution in [2.45, 2.75) is 12.8 Å². The van der Waals surface area contributed by atoms with Gasteiger partial charge in [0.15, 0.2) is 10.9 Å². The Morgan fingerprint density at radius 3 is 2.75 bits per heavy atom. The number of nitrogens with one attached hydrogen (secondary N) is 2. The number of aryl methyl sites for hydroxylation is 1. The van der Waals surface area contributed by atoms with Gasteiger partial charge in [-0.15, -0.1) is 11.3 Å². The number of hydrogen-bond acceptors (Lipinski definition) is 7. The fourth-order valence-electron chi connectivity index (χ4n) is 2.41. The van der Waals surface area contributed by atoms with Crippen molar-refractivity contribution in [3.05, 3.63) is 53.4 Å². The molecule has 0 bridgehead atoms. The normalized spacial score (nSPS) is 10.4. The summed E-state index contributed by atoms with van der Waals surface area (Å²) in [5.74, 6) is 0.830. The molecule has 0 aliphatic rings. The largest absolute Gasteiger partial charge is 0.497 e. The SMILES string of the molecule is COc1ccc(OC)c(NC(=O)CCc2csc(NC(=O)c3ccco3)n2)c1. The molecule has 146 valence electrons. The minimum Gasteiger partial charge on any atom is -0.497 e. The van der Waals surface area contributed by atoms with E-state index < -0.39 is 0 Å². The van der Waals surface area contributed by atoms with Crippen LogP contribution in [0.25, 0.3) is 0 Å². The number of nitrogens with zero attached hydrogens (tertiary/aromatic N) is 1. The van der Waals surface area contributed by atoms with Gasteiger partial charge in [0.25, 0.3) is 5.91 Å². The topological polar surface area (TPSA) is 103 Å². The van der Waals surface area contributed by atoms with Gasteiger partial charge in [-0.05, 0) is 30.7 Å². The molecule has 0 fully saturated rings. The van der Waals surface area contributed by atoms with Gasteiger partial charge in [0, 0.05) is 17.9 Å². The van der Waals surface area contributed by atoms with Crippen LogP contribution in [0, 0.1) is 0 Å². The molecular formula is C19H19N3O5S. The molecule has 9 heteroatoms. The van der Waals surface area contributed by atoms with Gasteiger partial charge < -0.3 is 19.2 Å². The average molecular weight is 401 g/mol. The lowest BCUT2D eigenvalue weighted by Gasteiger charge is -2.11. The molecule has 2 N–H and O–H groups in total. The summed E-state index contributed by atoms with van der Waals surface area (Å²) in [7, 11) is 3.09. The van der Waals surface area contributed by atoms with Crippen molar-refractivity contribution in [3.63, 3.8) is 0 Å². The molecule has 0 spiro atoms. The summed E-state index contributed by atoms with van der Waals surface area (Å²) in [6.07, 6.45) is 2.10. The number of benzene rings is 1. The van der Waals surface area contributed by atoms with Crippen molar-refractivity contribution >= 4 is 34.0 Å². The lowest BCUT2D eigenvalue weighted by molar-refractivity contribution is -0.116. The molecule has 0 saturated carbocycles. The van der Waals surface area contributed by atoms with Crippen molar-refractivity contribution in [1.82, 2.24) is 4.98 Å². The van der Waals surface area contributed by atoms with E-state index in [-0.39, 0.29) is 24.0 Å². The molecule has 2 heterocycles. The number of ether oxygens (including phenoxy) is 2. The van der Waals surface area contributed by atoms with Crippen LogP contribution in [0.15, 0.2) is 46.4 Å². The Bertz CT molecular complexity index is 952. The molecule has 0 radical (unpaired) electrons. The summed E-state index contributed by atoms with van der Waals surface area (Å²) in [6.45, 7) is 0. The maximum absolute atomic E-state index is 12.3. The van der Waals surface area contributed by atoms with Crippen LogP contribution >= 0.6 is 11.3 Å². The van der Waals surface area contributed by atoms with Gasteiger partial charge >= 0.3 is 0 Å². The molecule has 2 aromatic heterocycles. The van der Waals surface area contributed by atoms with Gasteiger partial charge in [0.05, 0.1) is 31.9 Å². The molecule has 0 aliphatic carbocycles. The average Bonchev–Trinajstić information content (AvgIpc) is 3.38. The molecule has 3 rings (SSSR count). The Balaban J connectivity index is 1.54. The van der Waals surface area contributed by atoms with Gasteiger partial charge in [-0.25, -0.2) is 4.98 Å². The molecule has 2 amide bonds. The van der Waals surface area contributed by atoms with Crippen molar-refractivity contribution in [2.24, 2.45) is 0 Å². The van der Waals surface area contributed by atoms with E-state index in [4.69, 9.17) is 13.9 Å². The Kier molecular flexibility index (Phi) is 6.28. The summed E-state index contributed by atoms with van der Waals surface area (Å²) in [4.78, 5) is 28.5. The lowest BCUT2D eigenvalue weighted by atomic mass is 10.2. The monoisotopic (exact) mass is 401 g/mol. The van der Waals surface area contributed by atoms with Gasteiger partial charge in [-0.3, -0.25) is 14.9 Å². The third kappa shape index (κ3) is 4.89. The molecule has 3 aromatic rings. The van der Waals surface area contributed by atoms with Crippen molar-refractivity contribution in [2.75, 3.05) is 24.9 Å². The third-order valence-electron chi connectivity index (χ3n) is 3.81. The first kappa shape index (κ1) is 19.4. The number of aromatic nitrogens is 1. The van der Waals surface area contributed by atoms with Crippen LogP contribution in [0.2, 0.25) is 0 Å². The van der Waals surface area contributed by atoms with Crippen LogP contribution in [0.5, 0.6) is 11.5 Å². The number of hydrogen-bond donors (Lipinski definition) is 2. The number of carbonyl (C=O) groups is 2. The van der Waals surface area contributed by atoms with E-state index in [9.17, 15) is 9.59 Å². The smallest absolute Gasteiger partial charge is 0.293 e. The zero-order valence-corrected chi connectivity index (χ0v) is 16.2. The Morgan fingerprint density at radius 1 is 1.18 bits per heavy atom. The fraction of sp³-hybridized carbons (Fsp3) is 0.211. The zero-order valence-electron chi connectivity index (χ0n) is 15.4. The number of furan rings is 1. The van der Waals surface area contributed by atoms with E-state index in [1.165, 1.54) is 24.7 Å². The first-order valence-electron chi connectivity index (χ1n) is 8.40. The highest BCUT2D eigenvalue weighted by Gasteiger charge is 2.13. The molecule has 0 atom stereocenters. The van der Waals surface area contributed by atoms with Gasteiger partial charge in [-0.1, -0.05) is 0 Å².